The molecule has 2 rings (SSSR count). The predicted molar refractivity (Wildman–Crippen MR) is 81.8 cm³/mol. The van der Waals surface area contributed by atoms with Gasteiger partial charge in [-0.1, -0.05) is 52.6 Å². The van der Waals surface area contributed by atoms with Gasteiger partial charge in [-0.25, -0.2) is 0 Å². The van der Waals surface area contributed by atoms with Crippen molar-refractivity contribution in [3.8, 4) is 0 Å². The molecule has 2 bridgehead atoms. The molecule has 4 unspecified atom stereocenters. The maximum Gasteiger partial charge on any atom is 0.116 e. The molecule has 0 aromatic carbocycles. The molecule has 0 aromatic rings. The lowest BCUT2D eigenvalue weighted by Crippen LogP contribution is -2.43. The first-order valence-corrected chi connectivity index (χ1v) is 7.70. The average Bonchev–Trinajstić information content (AvgIpc) is 2.59. The van der Waals surface area contributed by atoms with Gasteiger partial charge >= 0.3 is 0 Å². The van der Waals surface area contributed by atoms with Gasteiger partial charge in [0.2, 0.25) is 0 Å². The zero-order valence-electron chi connectivity index (χ0n) is 13.1. The highest BCUT2D eigenvalue weighted by Crippen LogP contribution is 2.73. The van der Waals surface area contributed by atoms with Crippen molar-refractivity contribution >= 4 is 15.1 Å². The van der Waals surface area contributed by atoms with Crippen molar-refractivity contribution in [2.24, 2.45) is 28.6 Å². The van der Waals surface area contributed by atoms with Gasteiger partial charge in [0.25, 0.3) is 0 Å². The fraction of sp³-hybridized carbons (Fsp3) is 1.00. The van der Waals surface area contributed by atoms with Crippen LogP contribution < -0.4 is 0 Å². The van der Waals surface area contributed by atoms with Gasteiger partial charge in [-0.2, -0.15) is 0 Å². The highest BCUT2D eigenvalue weighted by molar-refractivity contribution is 6.53. The molecule has 0 radical (unpaired) electrons. The Kier molecular flexibility index (Phi) is 3.04. The summed E-state index contributed by atoms with van der Waals surface area (Å²) in [5, 5.41) is 0.543. The quantitative estimate of drug-likeness (QED) is 0.654. The van der Waals surface area contributed by atoms with Gasteiger partial charge in [-0.3, -0.25) is 0 Å². The van der Waals surface area contributed by atoms with Crippen LogP contribution in [0.2, 0.25) is 12.0 Å². The highest BCUT2D eigenvalue weighted by Gasteiger charge is 2.64. The Bertz CT molecular complexity index is 310. The maximum atomic E-state index is 2.60. The maximum absolute atomic E-state index is 2.60. The van der Waals surface area contributed by atoms with E-state index in [0.29, 0.717) is 16.0 Å². The van der Waals surface area contributed by atoms with E-state index in [9.17, 15) is 0 Å². The minimum Gasteiger partial charge on any atom is -0.0894 e. The van der Waals surface area contributed by atoms with Crippen LogP contribution in [0.15, 0.2) is 0 Å². The molecule has 0 nitrogen and oxygen atoms in total. The van der Waals surface area contributed by atoms with Gasteiger partial charge in [0.05, 0.1) is 0 Å². The third-order valence-corrected chi connectivity index (χ3v) is 7.67. The molecule has 2 aliphatic rings. The Morgan fingerprint density at radius 2 is 1.88 bits per heavy atom. The van der Waals surface area contributed by atoms with Gasteiger partial charge in [0.15, 0.2) is 0 Å². The second kappa shape index (κ2) is 3.81. The topological polar surface area (TPSA) is 0 Å². The first-order valence-electron chi connectivity index (χ1n) is 7.70. The molecular formula is C15H30B2. The van der Waals surface area contributed by atoms with Crippen LogP contribution in [0.1, 0.15) is 53.9 Å². The summed E-state index contributed by atoms with van der Waals surface area (Å²) >= 11 is 0. The Morgan fingerprint density at radius 1 is 1.29 bits per heavy atom. The van der Waals surface area contributed by atoms with Gasteiger partial charge in [0.1, 0.15) is 15.1 Å². The standard InChI is InChI=1S/C15H30B2/c1-10(2)15(16,17-6)12-9-11-7-8-14(12,5)13(11,3)4/h10-12,17H,7-9,16H2,1-6H3. The lowest BCUT2D eigenvalue weighted by atomic mass is 9.32. The summed E-state index contributed by atoms with van der Waals surface area (Å²) in [5.74, 6) is 2.74. The molecule has 2 fully saturated rings. The van der Waals surface area contributed by atoms with E-state index in [4.69, 9.17) is 0 Å². The second-order valence-electron chi connectivity index (χ2n) is 8.18. The molecule has 17 heavy (non-hydrogen) atoms. The van der Waals surface area contributed by atoms with Crippen LogP contribution in [0.5, 0.6) is 0 Å². The summed E-state index contributed by atoms with van der Waals surface area (Å²) in [6.07, 6.45) is 4.45. The molecule has 96 valence electrons. The number of rotatable bonds is 3. The van der Waals surface area contributed by atoms with Crippen LogP contribution in [-0.2, 0) is 0 Å². The largest absolute Gasteiger partial charge is 0.116 e. The van der Waals surface area contributed by atoms with Crippen molar-refractivity contribution in [3.63, 3.8) is 0 Å². The summed E-state index contributed by atoms with van der Waals surface area (Å²) in [6.45, 7) is 15.0. The van der Waals surface area contributed by atoms with E-state index in [1.165, 1.54) is 26.5 Å². The number of hydrogen-bond donors (Lipinski definition) is 0. The molecule has 4 atom stereocenters. The third kappa shape index (κ3) is 1.51. The molecule has 0 aliphatic heterocycles. The molecule has 2 aliphatic carbocycles. The van der Waals surface area contributed by atoms with Crippen LogP contribution >= 0.6 is 0 Å². The first-order chi connectivity index (χ1) is 7.70. The predicted octanol–water partition coefficient (Wildman–Crippen LogP) is 3.34. The Balaban J connectivity index is 2.37. The summed E-state index contributed by atoms with van der Waals surface area (Å²) in [7, 11) is 3.90. The van der Waals surface area contributed by atoms with Gasteiger partial charge in [0, 0.05) is 0 Å². The first kappa shape index (κ1) is 13.6. The van der Waals surface area contributed by atoms with Crippen LogP contribution in [0, 0.1) is 28.6 Å². The van der Waals surface area contributed by atoms with Gasteiger partial charge < -0.3 is 0 Å². The zero-order valence-corrected chi connectivity index (χ0v) is 13.1. The molecule has 0 saturated heterocycles. The SMILES string of the molecule is BC(BC)(C(C)C)C1CC2CCC1(C)C2(C)C. The Hall–Kier alpha value is 0.130. The second-order valence-corrected chi connectivity index (χ2v) is 8.18. The molecule has 0 amide bonds. The summed E-state index contributed by atoms with van der Waals surface area (Å²) in [5.41, 5.74) is 1.16. The molecular weight excluding hydrogens is 202 g/mol. The van der Waals surface area contributed by atoms with E-state index in [1.807, 2.05) is 0 Å². The normalized spacial score (nSPS) is 42.8. The molecule has 2 saturated carbocycles. The lowest BCUT2D eigenvalue weighted by Gasteiger charge is -2.50. The smallest absolute Gasteiger partial charge is 0.0894 e. The Labute approximate surface area is 110 Å². The van der Waals surface area contributed by atoms with Crippen LogP contribution in [-0.4, -0.2) is 15.1 Å². The fourth-order valence-electron chi connectivity index (χ4n) is 5.26. The molecule has 0 heterocycles. The van der Waals surface area contributed by atoms with Gasteiger partial charge in [-0.05, 0) is 41.9 Å². The highest BCUT2D eigenvalue weighted by atomic mass is 14.7. The lowest BCUT2D eigenvalue weighted by molar-refractivity contribution is 0.0810. The molecule has 0 aromatic heterocycles. The fourth-order valence-corrected chi connectivity index (χ4v) is 5.26. The van der Waals surface area contributed by atoms with Gasteiger partial charge in [-0.15, -0.1) is 0 Å². The van der Waals surface area contributed by atoms with Crippen molar-refractivity contribution in [1.29, 1.82) is 0 Å². The minimum absolute atomic E-state index is 0.543. The van der Waals surface area contributed by atoms with Crippen molar-refractivity contribution in [1.82, 2.24) is 0 Å². The van der Waals surface area contributed by atoms with E-state index in [1.54, 1.807) is 0 Å². The number of fused-ring (bicyclic) bond motifs is 2. The third-order valence-electron chi connectivity index (χ3n) is 7.67. The molecule has 2 heteroatoms. The van der Waals surface area contributed by atoms with E-state index in [2.05, 4.69) is 49.3 Å². The summed E-state index contributed by atoms with van der Waals surface area (Å²) < 4.78 is 0. The van der Waals surface area contributed by atoms with Crippen molar-refractivity contribution in [2.45, 2.75) is 65.9 Å². The van der Waals surface area contributed by atoms with Crippen molar-refractivity contribution < 1.29 is 0 Å². The van der Waals surface area contributed by atoms with E-state index >= 15 is 0 Å². The van der Waals surface area contributed by atoms with E-state index in [0.717, 1.165) is 17.8 Å². The number of hydrogen-bond acceptors (Lipinski definition) is 0. The van der Waals surface area contributed by atoms with Crippen LogP contribution in [0.25, 0.3) is 0 Å². The van der Waals surface area contributed by atoms with Crippen LogP contribution in [0.3, 0.4) is 0 Å². The Morgan fingerprint density at radius 3 is 2.18 bits per heavy atom. The average molecular weight is 232 g/mol. The monoisotopic (exact) mass is 232 g/mol. The summed E-state index contributed by atoms with van der Waals surface area (Å²) in [4.78, 5) is 0. The summed E-state index contributed by atoms with van der Waals surface area (Å²) in [6, 6.07) is 0. The van der Waals surface area contributed by atoms with E-state index in [-0.39, 0.29) is 0 Å². The molecule has 0 N–H and O–H groups in total. The minimum atomic E-state index is 0.543. The zero-order chi connectivity index (χ0) is 13.1. The van der Waals surface area contributed by atoms with E-state index < -0.39 is 0 Å². The molecule has 0 spiro atoms. The van der Waals surface area contributed by atoms with Crippen LogP contribution in [0.4, 0.5) is 0 Å². The van der Waals surface area contributed by atoms with Crippen molar-refractivity contribution in [3.05, 3.63) is 0 Å². The van der Waals surface area contributed by atoms with Crippen molar-refractivity contribution in [2.75, 3.05) is 0 Å².